The van der Waals surface area contributed by atoms with Crippen molar-refractivity contribution in [3.63, 3.8) is 0 Å². The van der Waals surface area contributed by atoms with Gasteiger partial charge in [-0.2, -0.15) is 26.3 Å². The summed E-state index contributed by atoms with van der Waals surface area (Å²) in [5.41, 5.74) is 5.07. The number of likely N-dealkylation sites (N-methyl/N-ethyl adjacent to an activating group) is 1. The van der Waals surface area contributed by atoms with E-state index in [0.29, 0.717) is 0 Å². The molecule has 0 radical (unpaired) electrons. The lowest BCUT2D eigenvalue weighted by Crippen LogP contribution is -2.52. The van der Waals surface area contributed by atoms with Crippen LogP contribution >= 0.6 is 12.2 Å². The first-order chi connectivity index (χ1) is 7.80. The molecule has 3 nitrogen and oxygen atoms in total. The van der Waals surface area contributed by atoms with Crippen LogP contribution in [0, 0.1) is 5.92 Å². The minimum absolute atomic E-state index is 0.230. The van der Waals surface area contributed by atoms with E-state index in [2.05, 4.69) is 12.2 Å². The van der Waals surface area contributed by atoms with Crippen molar-refractivity contribution in [2.75, 3.05) is 7.05 Å². The predicted molar refractivity (Wildman–Crippen MR) is 54.6 cm³/mol. The number of carbonyl (C=O) groups is 1. The van der Waals surface area contributed by atoms with Crippen LogP contribution in [0.1, 0.15) is 6.92 Å². The SMILES string of the molecule is CC(C(N)=S)N(C)C(=O)C(C(F)(F)F)C(F)(F)F. The number of nitrogens with zero attached hydrogens (tertiary/aromatic N) is 1. The van der Waals surface area contributed by atoms with Gasteiger partial charge in [-0.3, -0.25) is 4.79 Å². The van der Waals surface area contributed by atoms with Gasteiger partial charge in [-0.15, -0.1) is 0 Å². The summed E-state index contributed by atoms with van der Waals surface area (Å²) in [5, 5.41) is 0. The van der Waals surface area contributed by atoms with Gasteiger partial charge in [0.05, 0.1) is 11.0 Å². The molecule has 0 saturated heterocycles. The van der Waals surface area contributed by atoms with Crippen LogP contribution in [0.15, 0.2) is 0 Å². The summed E-state index contributed by atoms with van der Waals surface area (Å²) in [5.74, 6) is -6.22. The standard InChI is InChI=1S/C8H10F6N2OS/c1-3(5(15)18)16(2)6(17)4(7(9,10)11)8(12,13)14/h3-4H,1-2H3,(H2,15,18). The molecule has 0 aliphatic heterocycles. The number of nitrogens with two attached hydrogens (primary N) is 1. The van der Waals surface area contributed by atoms with Gasteiger partial charge in [0.25, 0.3) is 0 Å². The minimum atomic E-state index is -5.72. The Bertz CT molecular complexity index is 325. The molecule has 0 rings (SSSR count). The highest BCUT2D eigenvalue weighted by Gasteiger charge is 2.62. The zero-order valence-electron chi connectivity index (χ0n) is 9.26. The van der Waals surface area contributed by atoms with Crippen LogP contribution in [0.25, 0.3) is 0 Å². The number of hydrogen-bond acceptors (Lipinski definition) is 2. The third-order valence-electron chi connectivity index (χ3n) is 2.24. The molecule has 0 aliphatic rings. The summed E-state index contributed by atoms with van der Waals surface area (Å²) in [6.45, 7) is 1.13. The van der Waals surface area contributed by atoms with Gasteiger partial charge in [-0.05, 0) is 6.92 Å². The number of hydrogen-bond donors (Lipinski definition) is 1. The minimum Gasteiger partial charge on any atom is -0.392 e. The van der Waals surface area contributed by atoms with Gasteiger partial charge in [-0.25, -0.2) is 0 Å². The van der Waals surface area contributed by atoms with Crippen molar-refractivity contribution >= 4 is 23.1 Å². The summed E-state index contributed by atoms with van der Waals surface area (Å²) >= 11 is 4.41. The molecule has 0 aliphatic carbocycles. The van der Waals surface area contributed by atoms with E-state index in [-0.39, 0.29) is 9.89 Å². The second-order valence-electron chi connectivity index (χ2n) is 3.54. The van der Waals surface area contributed by atoms with Crippen molar-refractivity contribution in [1.29, 1.82) is 0 Å². The predicted octanol–water partition coefficient (Wildman–Crippen LogP) is 1.86. The first-order valence-electron chi connectivity index (χ1n) is 4.49. The maximum atomic E-state index is 12.3. The number of amides is 1. The lowest BCUT2D eigenvalue weighted by molar-refractivity contribution is -0.277. The molecule has 1 amide bonds. The highest BCUT2D eigenvalue weighted by atomic mass is 32.1. The fourth-order valence-corrected chi connectivity index (χ4v) is 1.21. The van der Waals surface area contributed by atoms with Gasteiger partial charge in [0, 0.05) is 7.05 Å². The Kier molecular flexibility index (Phi) is 4.98. The number of carbonyl (C=O) groups excluding carboxylic acids is 1. The fourth-order valence-electron chi connectivity index (χ4n) is 1.05. The average Bonchev–Trinajstić information content (AvgIpc) is 2.10. The van der Waals surface area contributed by atoms with Crippen molar-refractivity contribution in [3.8, 4) is 0 Å². The van der Waals surface area contributed by atoms with Crippen molar-refractivity contribution in [3.05, 3.63) is 0 Å². The molecule has 1 unspecified atom stereocenters. The highest BCUT2D eigenvalue weighted by molar-refractivity contribution is 7.80. The van der Waals surface area contributed by atoms with Gasteiger partial charge in [0.1, 0.15) is 0 Å². The maximum absolute atomic E-state index is 12.3. The number of halogens is 6. The van der Waals surface area contributed by atoms with Crippen LogP contribution in [-0.4, -0.2) is 41.2 Å². The molecule has 10 heteroatoms. The van der Waals surface area contributed by atoms with Gasteiger partial charge in [-0.1, -0.05) is 12.2 Å². The van der Waals surface area contributed by atoms with E-state index in [4.69, 9.17) is 5.73 Å². The third-order valence-corrected chi connectivity index (χ3v) is 2.58. The summed E-state index contributed by atoms with van der Waals surface area (Å²) < 4.78 is 73.6. The molecule has 2 N–H and O–H groups in total. The summed E-state index contributed by atoms with van der Waals surface area (Å²) in [7, 11) is 0.774. The quantitative estimate of drug-likeness (QED) is 0.639. The van der Waals surface area contributed by atoms with Crippen molar-refractivity contribution < 1.29 is 31.1 Å². The second kappa shape index (κ2) is 5.29. The number of alkyl halides is 6. The van der Waals surface area contributed by atoms with E-state index in [1.165, 1.54) is 0 Å². The summed E-state index contributed by atoms with van der Waals surface area (Å²) in [4.78, 5) is 11.1. The van der Waals surface area contributed by atoms with Crippen LogP contribution in [-0.2, 0) is 4.79 Å². The first kappa shape index (κ1) is 16.9. The Labute approximate surface area is 104 Å². The smallest absolute Gasteiger partial charge is 0.392 e. The van der Waals surface area contributed by atoms with Gasteiger partial charge >= 0.3 is 12.4 Å². The number of thiocarbonyl (C=S) groups is 1. The van der Waals surface area contributed by atoms with Crippen LogP contribution < -0.4 is 5.73 Å². The molecular formula is C8H10F6N2OS. The normalized spacial score (nSPS) is 14.5. The van der Waals surface area contributed by atoms with E-state index < -0.39 is 30.2 Å². The molecular weight excluding hydrogens is 286 g/mol. The Morgan fingerprint density at radius 3 is 1.72 bits per heavy atom. The molecule has 1 atom stereocenters. The van der Waals surface area contributed by atoms with E-state index in [1.54, 1.807) is 0 Å². The molecule has 0 bridgehead atoms. The highest BCUT2D eigenvalue weighted by Crippen LogP contribution is 2.40. The average molecular weight is 296 g/mol. The molecule has 0 fully saturated rings. The monoisotopic (exact) mass is 296 g/mol. The van der Waals surface area contributed by atoms with Crippen molar-refractivity contribution in [2.24, 2.45) is 11.7 Å². The number of rotatable bonds is 3. The Morgan fingerprint density at radius 1 is 1.17 bits per heavy atom. The van der Waals surface area contributed by atoms with Crippen molar-refractivity contribution in [2.45, 2.75) is 25.3 Å². The molecule has 0 heterocycles. The van der Waals surface area contributed by atoms with Gasteiger partial charge in [0.15, 0.2) is 0 Å². The summed E-state index contributed by atoms with van der Waals surface area (Å²) in [6, 6.07) is -1.21. The fraction of sp³-hybridized carbons (Fsp3) is 0.750. The maximum Gasteiger partial charge on any atom is 0.409 e. The zero-order chi connectivity index (χ0) is 14.9. The molecule has 0 aromatic carbocycles. The van der Waals surface area contributed by atoms with E-state index in [9.17, 15) is 31.1 Å². The molecule has 0 saturated carbocycles. The largest absolute Gasteiger partial charge is 0.409 e. The molecule has 106 valence electrons. The van der Waals surface area contributed by atoms with Crippen LogP contribution in [0.3, 0.4) is 0 Å². The zero-order valence-corrected chi connectivity index (χ0v) is 10.1. The van der Waals surface area contributed by atoms with E-state index in [1.807, 2.05) is 0 Å². The van der Waals surface area contributed by atoms with Gasteiger partial charge < -0.3 is 10.6 Å². The molecule has 0 aromatic rings. The Hall–Kier alpha value is -1.06. The van der Waals surface area contributed by atoms with Crippen LogP contribution in [0.2, 0.25) is 0 Å². The topological polar surface area (TPSA) is 46.3 Å². The van der Waals surface area contributed by atoms with Gasteiger partial charge in [0.2, 0.25) is 11.8 Å². The first-order valence-corrected chi connectivity index (χ1v) is 4.90. The van der Waals surface area contributed by atoms with E-state index >= 15 is 0 Å². The molecule has 18 heavy (non-hydrogen) atoms. The summed E-state index contributed by atoms with van der Waals surface area (Å²) in [6.07, 6.45) is -11.4. The molecule has 0 aromatic heterocycles. The lowest BCUT2D eigenvalue weighted by atomic mass is 10.1. The lowest BCUT2D eigenvalue weighted by Gasteiger charge is -2.30. The van der Waals surface area contributed by atoms with Crippen LogP contribution in [0.5, 0.6) is 0 Å². The Morgan fingerprint density at radius 2 is 1.50 bits per heavy atom. The Balaban J connectivity index is 5.30. The second-order valence-corrected chi connectivity index (χ2v) is 4.02. The molecule has 0 spiro atoms. The van der Waals surface area contributed by atoms with Crippen molar-refractivity contribution in [1.82, 2.24) is 4.90 Å². The third kappa shape index (κ3) is 4.00. The van der Waals surface area contributed by atoms with E-state index in [0.717, 1.165) is 14.0 Å². The van der Waals surface area contributed by atoms with Crippen LogP contribution in [0.4, 0.5) is 26.3 Å².